The van der Waals surface area contributed by atoms with E-state index in [1.54, 1.807) is 44.1 Å². The third kappa shape index (κ3) is 9.16. The normalized spacial score (nSPS) is 12.1. The van der Waals surface area contributed by atoms with Crippen molar-refractivity contribution in [3.8, 4) is 0 Å². The third-order valence-electron chi connectivity index (χ3n) is 4.14. The molecule has 158 valence electrons. The molecule has 0 aliphatic carbocycles. The molecule has 0 heterocycles. The van der Waals surface area contributed by atoms with Crippen molar-refractivity contribution < 1.29 is 56.2 Å². The molecule has 1 atom stereocenters. The van der Waals surface area contributed by atoms with Crippen molar-refractivity contribution in [2.24, 2.45) is 4.99 Å². The summed E-state index contributed by atoms with van der Waals surface area (Å²) in [5.41, 5.74) is 2.98. The van der Waals surface area contributed by atoms with Crippen molar-refractivity contribution in [1.82, 2.24) is 10.6 Å². The van der Waals surface area contributed by atoms with Gasteiger partial charge in [-0.1, -0.05) is 29.4 Å². The zero-order valence-electron chi connectivity index (χ0n) is 18.2. The van der Waals surface area contributed by atoms with Gasteiger partial charge in [-0.2, -0.15) is 12.7 Å². The standard InChI is InChI=1S/C23H25ClN4OS.K/c1-5-19(15-25-3)27-12-11-26-16(2)17-7-6-8-20(13-17)28-23(29)18-9-10-21(24)22(14-18)30-4;/h5-10,12-16,25-26H,1H2,2-4H3,(H,28,29);/q-2;+1. The van der Waals surface area contributed by atoms with Crippen LogP contribution in [0.5, 0.6) is 0 Å². The number of benzene rings is 2. The number of hydrogen-bond acceptors (Lipinski definition) is 5. The SMILES string of the molecule is C=CC([CH-]NC)=NC=[C-]NC(C)c1cccc(NC(=O)c2ccc(Cl)c(SC)c2)c1.[K+]. The van der Waals surface area contributed by atoms with Gasteiger partial charge in [0.2, 0.25) is 0 Å². The Balaban J connectivity index is 0.00000480. The first-order valence-electron chi connectivity index (χ1n) is 9.26. The second kappa shape index (κ2) is 14.9. The molecule has 0 saturated carbocycles. The first kappa shape index (κ1) is 28.0. The fraction of sp³-hybridized carbons (Fsp3) is 0.174. The molecule has 0 saturated heterocycles. The summed E-state index contributed by atoms with van der Waals surface area (Å²) < 4.78 is 0. The van der Waals surface area contributed by atoms with Crippen molar-refractivity contribution in [2.45, 2.75) is 17.9 Å². The molecule has 0 aliphatic rings. The minimum absolute atomic E-state index is 0. The molecule has 1 amide bonds. The molecule has 2 rings (SSSR count). The summed E-state index contributed by atoms with van der Waals surface area (Å²) in [6.45, 7) is 7.44. The number of thioether (sulfide) groups is 1. The van der Waals surface area contributed by atoms with Crippen molar-refractivity contribution in [1.29, 1.82) is 0 Å². The van der Waals surface area contributed by atoms with Gasteiger partial charge in [-0.25, -0.2) is 0 Å². The van der Waals surface area contributed by atoms with E-state index in [4.69, 9.17) is 11.6 Å². The Morgan fingerprint density at radius 3 is 2.77 bits per heavy atom. The second-order valence-electron chi connectivity index (χ2n) is 6.26. The Labute approximate surface area is 236 Å². The van der Waals surface area contributed by atoms with Gasteiger partial charge >= 0.3 is 51.4 Å². The van der Waals surface area contributed by atoms with Crippen LogP contribution < -0.4 is 67.3 Å². The summed E-state index contributed by atoms with van der Waals surface area (Å²) in [5.74, 6) is -0.182. The van der Waals surface area contributed by atoms with E-state index in [9.17, 15) is 4.79 Å². The van der Waals surface area contributed by atoms with Crippen molar-refractivity contribution in [2.75, 3.05) is 18.6 Å². The molecule has 31 heavy (non-hydrogen) atoms. The van der Waals surface area contributed by atoms with Crippen LogP contribution in [0.15, 0.2) is 71.2 Å². The quantitative estimate of drug-likeness (QED) is 0.161. The molecule has 0 radical (unpaired) electrons. The number of rotatable bonds is 10. The Morgan fingerprint density at radius 2 is 2.10 bits per heavy atom. The van der Waals surface area contributed by atoms with Gasteiger partial charge in [0, 0.05) is 22.2 Å². The van der Waals surface area contributed by atoms with Crippen LogP contribution in [0.1, 0.15) is 28.9 Å². The number of amides is 1. The van der Waals surface area contributed by atoms with Crippen LogP contribution in [0.2, 0.25) is 5.02 Å². The van der Waals surface area contributed by atoms with E-state index in [1.165, 1.54) is 11.8 Å². The number of nitrogens with one attached hydrogen (secondary N) is 3. The zero-order valence-corrected chi connectivity index (χ0v) is 22.9. The van der Waals surface area contributed by atoms with Gasteiger partial charge < -0.3 is 27.1 Å². The Kier molecular flexibility index (Phi) is 13.5. The zero-order chi connectivity index (χ0) is 21.9. The van der Waals surface area contributed by atoms with Crippen LogP contribution in [0.3, 0.4) is 0 Å². The molecule has 0 aliphatic heterocycles. The van der Waals surface area contributed by atoms with Crippen LogP contribution in [-0.2, 0) is 0 Å². The van der Waals surface area contributed by atoms with Gasteiger partial charge in [-0.3, -0.25) is 4.79 Å². The van der Waals surface area contributed by atoms with E-state index in [1.807, 2.05) is 37.4 Å². The summed E-state index contributed by atoms with van der Waals surface area (Å²) >= 11 is 7.63. The number of carbonyl (C=O) groups is 1. The summed E-state index contributed by atoms with van der Waals surface area (Å²) in [6, 6.07) is 12.9. The number of hydrogen-bond donors (Lipinski definition) is 3. The van der Waals surface area contributed by atoms with Gasteiger partial charge in [0.25, 0.3) is 5.91 Å². The summed E-state index contributed by atoms with van der Waals surface area (Å²) in [6.07, 6.45) is 8.07. The molecule has 2 aromatic rings. The Morgan fingerprint density at radius 1 is 1.32 bits per heavy atom. The fourth-order valence-electron chi connectivity index (χ4n) is 2.54. The maximum absolute atomic E-state index is 12.6. The Bertz CT molecular complexity index is 949. The number of halogens is 1. The first-order valence-corrected chi connectivity index (χ1v) is 10.9. The summed E-state index contributed by atoms with van der Waals surface area (Å²) in [7, 11) is 1.80. The van der Waals surface area contributed by atoms with E-state index < -0.39 is 0 Å². The molecular weight excluding hydrogens is 455 g/mol. The number of nitrogens with zero attached hydrogens (tertiary/aromatic N) is 1. The average molecular weight is 480 g/mol. The van der Waals surface area contributed by atoms with Crippen LogP contribution in [0.25, 0.3) is 0 Å². The smallest absolute Gasteiger partial charge is 0.560 e. The van der Waals surface area contributed by atoms with Crippen molar-refractivity contribution >= 4 is 40.7 Å². The van der Waals surface area contributed by atoms with Crippen LogP contribution >= 0.6 is 23.4 Å². The van der Waals surface area contributed by atoms with E-state index >= 15 is 0 Å². The maximum atomic E-state index is 12.6. The molecule has 0 fully saturated rings. The predicted octanol–water partition coefficient (Wildman–Crippen LogP) is 2.25. The molecule has 3 N–H and O–H groups in total. The van der Waals surface area contributed by atoms with Gasteiger partial charge in [-0.15, -0.1) is 24.5 Å². The van der Waals surface area contributed by atoms with Gasteiger partial charge in [0.05, 0.1) is 5.02 Å². The van der Waals surface area contributed by atoms with E-state index in [-0.39, 0.29) is 63.3 Å². The fourth-order valence-corrected chi connectivity index (χ4v) is 3.40. The molecule has 1 unspecified atom stereocenters. The number of anilines is 1. The minimum Gasteiger partial charge on any atom is -0.560 e. The van der Waals surface area contributed by atoms with Crippen LogP contribution in [0.4, 0.5) is 5.69 Å². The minimum atomic E-state index is -0.182. The first-order chi connectivity index (χ1) is 14.5. The van der Waals surface area contributed by atoms with E-state index in [0.29, 0.717) is 22.0 Å². The molecule has 0 spiro atoms. The molecular formula is C23H25ClKN4OS-. The average Bonchev–Trinajstić information content (AvgIpc) is 2.76. The summed E-state index contributed by atoms with van der Waals surface area (Å²) in [5, 5.41) is 9.62. The van der Waals surface area contributed by atoms with E-state index in [0.717, 1.165) is 10.5 Å². The van der Waals surface area contributed by atoms with Crippen LogP contribution in [0, 0.1) is 12.7 Å². The van der Waals surface area contributed by atoms with Gasteiger partial charge in [0.1, 0.15) is 0 Å². The topological polar surface area (TPSA) is 65.5 Å². The maximum Gasteiger partial charge on any atom is 1.00 e. The molecule has 0 bridgehead atoms. The number of carbonyl (C=O) groups excluding carboxylic acids is 1. The molecule has 2 aromatic carbocycles. The molecule has 5 nitrogen and oxygen atoms in total. The van der Waals surface area contributed by atoms with Gasteiger partial charge in [0.15, 0.2) is 0 Å². The molecule has 8 heteroatoms. The second-order valence-corrected chi connectivity index (χ2v) is 7.51. The predicted molar refractivity (Wildman–Crippen MR) is 128 cm³/mol. The largest absolute Gasteiger partial charge is 1.00 e. The van der Waals surface area contributed by atoms with Crippen molar-refractivity contribution in [3.63, 3.8) is 0 Å². The third-order valence-corrected chi connectivity index (χ3v) is 5.36. The van der Waals surface area contributed by atoms with Gasteiger partial charge in [-0.05, 0) is 56.1 Å². The Hall–Kier alpha value is -1.03. The monoisotopic (exact) mass is 479 g/mol. The number of aliphatic imine (C=N–C) groups is 1. The van der Waals surface area contributed by atoms with Crippen molar-refractivity contribution in [3.05, 3.63) is 90.2 Å². The summed E-state index contributed by atoms with van der Waals surface area (Å²) in [4.78, 5) is 17.7. The molecule has 0 aromatic heterocycles. The van der Waals surface area contributed by atoms with E-state index in [2.05, 4.69) is 33.7 Å². The van der Waals surface area contributed by atoms with Crippen LogP contribution in [-0.4, -0.2) is 24.9 Å².